The van der Waals surface area contributed by atoms with Crippen molar-refractivity contribution < 1.29 is 14.7 Å². The molecular weight excluding hydrogens is 302 g/mol. The third-order valence-corrected chi connectivity index (χ3v) is 4.53. The minimum absolute atomic E-state index is 0.0569. The normalized spacial score (nSPS) is 18.2. The first-order valence-corrected chi connectivity index (χ1v) is 8.30. The largest absolute Gasteiger partial charge is 0.481 e. The lowest BCUT2D eigenvalue weighted by atomic mass is 9.92. The minimum atomic E-state index is -0.920. The highest BCUT2D eigenvalue weighted by molar-refractivity contribution is 5.88. The Morgan fingerprint density at radius 2 is 1.92 bits per heavy atom. The van der Waals surface area contributed by atoms with Gasteiger partial charge in [0.15, 0.2) is 0 Å². The molecule has 1 unspecified atom stereocenters. The summed E-state index contributed by atoms with van der Waals surface area (Å²) in [7, 11) is 0. The fraction of sp³-hybridized carbons (Fsp3) is 0.300. The van der Waals surface area contributed by atoms with Crippen LogP contribution in [0.25, 0.3) is 10.8 Å². The number of rotatable bonds is 5. The smallest absolute Gasteiger partial charge is 0.305 e. The molecule has 4 heteroatoms. The third-order valence-electron chi connectivity index (χ3n) is 4.53. The highest BCUT2D eigenvalue weighted by Crippen LogP contribution is 2.28. The number of carboxylic acids is 1. The van der Waals surface area contributed by atoms with E-state index in [2.05, 4.69) is 11.4 Å². The molecule has 124 valence electrons. The second kappa shape index (κ2) is 7.30. The molecule has 0 aliphatic heterocycles. The van der Waals surface area contributed by atoms with E-state index < -0.39 is 12.0 Å². The van der Waals surface area contributed by atoms with Crippen molar-refractivity contribution in [3.05, 3.63) is 60.2 Å². The number of fused-ring (bicyclic) bond motifs is 1. The quantitative estimate of drug-likeness (QED) is 0.822. The van der Waals surface area contributed by atoms with Gasteiger partial charge in [0, 0.05) is 5.92 Å². The van der Waals surface area contributed by atoms with Crippen LogP contribution in [0, 0.1) is 5.92 Å². The van der Waals surface area contributed by atoms with E-state index in [1.165, 1.54) is 0 Å². The summed E-state index contributed by atoms with van der Waals surface area (Å²) in [5.41, 5.74) is 0.857. The zero-order chi connectivity index (χ0) is 16.9. The fourth-order valence-corrected chi connectivity index (χ4v) is 3.29. The molecule has 4 nitrogen and oxygen atoms in total. The van der Waals surface area contributed by atoms with Crippen LogP contribution in [0.1, 0.15) is 37.3 Å². The Balaban J connectivity index is 1.89. The number of carboxylic acid groups (broad SMARTS) is 1. The molecule has 0 fully saturated rings. The highest BCUT2D eigenvalue weighted by Gasteiger charge is 2.24. The van der Waals surface area contributed by atoms with Crippen LogP contribution in [0.3, 0.4) is 0 Å². The zero-order valence-corrected chi connectivity index (χ0v) is 13.4. The number of hydrogen-bond donors (Lipinski definition) is 2. The van der Waals surface area contributed by atoms with Crippen LogP contribution in [-0.2, 0) is 9.59 Å². The van der Waals surface area contributed by atoms with E-state index in [9.17, 15) is 14.7 Å². The minimum Gasteiger partial charge on any atom is -0.481 e. The highest BCUT2D eigenvalue weighted by atomic mass is 16.4. The van der Waals surface area contributed by atoms with Crippen LogP contribution in [-0.4, -0.2) is 17.0 Å². The van der Waals surface area contributed by atoms with Crippen molar-refractivity contribution in [2.24, 2.45) is 5.92 Å². The molecule has 3 rings (SSSR count). The molecule has 0 aromatic heterocycles. The molecule has 0 bridgehead atoms. The summed E-state index contributed by atoms with van der Waals surface area (Å²) in [6.07, 6.45) is 6.43. The molecule has 0 saturated heterocycles. The maximum Gasteiger partial charge on any atom is 0.305 e. The summed E-state index contributed by atoms with van der Waals surface area (Å²) < 4.78 is 0. The van der Waals surface area contributed by atoms with Crippen molar-refractivity contribution >= 4 is 22.6 Å². The number of allylic oxidation sites excluding steroid dienone is 2. The van der Waals surface area contributed by atoms with Gasteiger partial charge in [-0.3, -0.25) is 9.59 Å². The van der Waals surface area contributed by atoms with Crippen molar-refractivity contribution in [1.82, 2.24) is 5.32 Å². The Morgan fingerprint density at radius 3 is 2.67 bits per heavy atom. The van der Waals surface area contributed by atoms with Crippen molar-refractivity contribution in [3.8, 4) is 0 Å². The predicted molar refractivity (Wildman–Crippen MR) is 93.6 cm³/mol. The van der Waals surface area contributed by atoms with E-state index in [1.54, 1.807) is 0 Å². The number of benzene rings is 2. The Hall–Kier alpha value is -2.62. The maximum absolute atomic E-state index is 12.6. The van der Waals surface area contributed by atoms with E-state index in [4.69, 9.17) is 0 Å². The number of carbonyl (C=O) groups is 2. The topological polar surface area (TPSA) is 66.4 Å². The van der Waals surface area contributed by atoms with Crippen molar-refractivity contribution in [3.63, 3.8) is 0 Å². The first kappa shape index (κ1) is 16.2. The average Bonchev–Trinajstić information content (AvgIpc) is 2.61. The second-order valence-corrected chi connectivity index (χ2v) is 6.21. The first-order chi connectivity index (χ1) is 11.6. The standard InChI is InChI=1S/C20H21NO3/c22-19(23)13-18(21-20(24)15-8-2-1-3-9-15)17-12-6-10-14-7-4-5-11-16(14)17/h1-2,4-7,10-12,15,18H,3,8-9,13H2,(H,21,24)(H,22,23)/t15?,18-/m1/s1. The van der Waals surface area contributed by atoms with Gasteiger partial charge in [-0.2, -0.15) is 0 Å². The van der Waals surface area contributed by atoms with Gasteiger partial charge in [-0.25, -0.2) is 0 Å². The Kier molecular flexibility index (Phi) is 4.94. The van der Waals surface area contributed by atoms with Gasteiger partial charge in [-0.05, 0) is 35.6 Å². The zero-order valence-electron chi connectivity index (χ0n) is 13.4. The Morgan fingerprint density at radius 1 is 1.12 bits per heavy atom. The molecule has 24 heavy (non-hydrogen) atoms. The maximum atomic E-state index is 12.6. The molecular formula is C20H21NO3. The third kappa shape index (κ3) is 3.65. The van der Waals surface area contributed by atoms with Crippen LogP contribution in [0.15, 0.2) is 54.6 Å². The summed E-state index contributed by atoms with van der Waals surface area (Å²) in [6.45, 7) is 0. The summed E-state index contributed by atoms with van der Waals surface area (Å²) in [4.78, 5) is 23.9. The van der Waals surface area contributed by atoms with E-state index in [0.29, 0.717) is 0 Å². The molecule has 1 aliphatic carbocycles. The number of amides is 1. The lowest BCUT2D eigenvalue weighted by Gasteiger charge is -2.23. The van der Waals surface area contributed by atoms with Gasteiger partial charge < -0.3 is 10.4 Å². The van der Waals surface area contributed by atoms with E-state index in [0.717, 1.165) is 35.6 Å². The number of hydrogen-bond acceptors (Lipinski definition) is 2. The molecule has 1 amide bonds. The van der Waals surface area contributed by atoms with Gasteiger partial charge in [0.05, 0.1) is 12.5 Å². The fourth-order valence-electron chi connectivity index (χ4n) is 3.29. The molecule has 1 aliphatic rings. The van der Waals surface area contributed by atoms with Crippen LogP contribution < -0.4 is 5.32 Å². The second-order valence-electron chi connectivity index (χ2n) is 6.21. The molecule has 0 saturated carbocycles. The van der Waals surface area contributed by atoms with Crippen LogP contribution in [0.4, 0.5) is 0 Å². The van der Waals surface area contributed by atoms with Crippen LogP contribution in [0.2, 0.25) is 0 Å². The van der Waals surface area contributed by atoms with Gasteiger partial charge in [-0.1, -0.05) is 54.6 Å². The molecule has 2 N–H and O–H groups in total. The van der Waals surface area contributed by atoms with Crippen LogP contribution in [0.5, 0.6) is 0 Å². The Bertz CT molecular complexity index is 776. The van der Waals surface area contributed by atoms with E-state index in [1.807, 2.05) is 48.5 Å². The van der Waals surface area contributed by atoms with Gasteiger partial charge in [-0.15, -0.1) is 0 Å². The average molecular weight is 323 g/mol. The summed E-state index contributed by atoms with van der Waals surface area (Å²) in [6, 6.07) is 13.1. The van der Waals surface area contributed by atoms with Gasteiger partial charge in [0.25, 0.3) is 0 Å². The van der Waals surface area contributed by atoms with E-state index >= 15 is 0 Å². The SMILES string of the molecule is O=C(O)C[C@@H](NC(=O)C1CC=CCC1)c1cccc2ccccc12. The summed E-state index contributed by atoms with van der Waals surface area (Å²) >= 11 is 0. The number of nitrogens with one attached hydrogen (secondary N) is 1. The monoisotopic (exact) mass is 323 g/mol. The van der Waals surface area contributed by atoms with Crippen molar-refractivity contribution in [2.45, 2.75) is 31.7 Å². The molecule has 0 spiro atoms. The van der Waals surface area contributed by atoms with Crippen LogP contribution >= 0.6 is 0 Å². The molecule has 0 heterocycles. The van der Waals surface area contributed by atoms with Gasteiger partial charge in [0.1, 0.15) is 0 Å². The molecule has 0 radical (unpaired) electrons. The van der Waals surface area contributed by atoms with Gasteiger partial charge in [0.2, 0.25) is 5.91 Å². The first-order valence-electron chi connectivity index (χ1n) is 8.30. The van der Waals surface area contributed by atoms with E-state index in [-0.39, 0.29) is 18.2 Å². The van der Waals surface area contributed by atoms with Crippen molar-refractivity contribution in [1.29, 1.82) is 0 Å². The predicted octanol–water partition coefficient (Wildman–Crippen LogP) is 3.83. The molecule has 2 aromatic rings. The summed E-state index contributed by atoms with van der Waals surface area (Å²) in [5, 5.41) is 14.3. The molecule has 2 aromatic carbocycles. The van der Waals surface area contributed by atoms with Crippen molar-refractivity contribution in [2.75, 3.05) is 0 Å². The van der Waals surface area contributed by atoms with Gasteiger partial charge >= 0.3 is 5.97 Å². The number of aliphatic carboxylic acids is 1. The molecule has 2 atom stereocenters. The summed E-state index contributed by atoms with van der Waals surface area (Å²) in [5.74, 6) is -1.04. The number of carbonyl (C=O) groups excluding carboxylic acids is 1. The lowest BCUT2D eigenvalue weighted by Crippen LogP contribution is -2.35. The Labute approximate surface area is 141 Å². The lowest BCUT2D eigenvalue weighted by molar-refractivity contribution is -0.138.